The zero-order valence-electron chi connectivity index (χ0n) is 23.6. The quantitative estimate of drug-likeness (QED) is 0.276. The van der Waals surface area contributed by atoms with Crippen molar-refractivity contribution >= 4 is 43.5 Å². The molecule has 1 atom stereocenters. The fourth-order valence-electron chi connectivity index (χ4n) is 5.13. The topological polar surface area (TPSA) is 86.8 Å². The minimum atomic E-state index is -4.07. The molecule has 0 bridgehead atoms. The van der Waals surface area contributed by atoms with Gasteiger partial charge in [0.2, 0.25) is 11.8 Å². The summed E-state index contributed by atoms with van der Waals surface area (Å²) in [4.78, 5) is 29.1. The number of anilines is 1. The highest BCUT2D eigenvalue weighted by molar-refractivity contribution is 9.10. The van der Waals surface area contributed by atoms with Gasteiger partial charge in [-0.2, -0.15) is 0 Å². The van der Waals surface area contributed by atoms with E-state index in [4.69, 9.17) is 0 Å². The maximum absolute atomic E-state index is 14.1. The Kier molecular flexibility index (Phi) is 10.6. The third kappa shape index (κ3) is 7.98. The molecule has 1 saturated carbocycles. The number of halogens is 1. The first-order chi connectivity index (χ1) is 19.7. The van der Waals surface area contributed by atoms with E-state index >= 15 is 0 Å². The molecule has 1 N–H and O–H groups in total. The van der Waals surface area contributed by atoms with Crippen molar-refractivity contribution in [2.24, 2.45) is 0 Å². The van der Waals surface area contributed by atoms with E-state index in [9.17, 15) is 18.0 Å². The molecule has 3 aromatic rings. The summed E-state index contributed by atoms with van der Waals surface area (Å²) in [6.07, 6.45) is 5.97. The van der Waals surface area contributed by atoms with Crippen LogP contribution in [0.3, 0.4) is 0 Å². The predicted molar refractivity (Wildman–Crippen MR) is 166 cm³/mol. The molecule has 0 aromatic heterocycles. The summed E-state index contributed by atoms with van der Waals surface area (Å²) in [6, 6.07) is 22.1. The van der Waals surface area contributed by atoms with Gasteiger partial charge in [-0.05, 0) is 73.7 Å². The zero-order valence-corrected chi connectivity index (χ0v) is 26.0. The van der Waals surface area contributed by atoms with E-state index in [-0.39, 0.29) is 23.4 Å². The van der Waals surface area contributed by atoms with Crippen LogP contribution in [0.2, 0.25) is 0 Å². The van der Waals surface area contributed by atoms with Crippen molar-refractivity contribution < 1.29 is 18.0 Å². The first-order valence-corrected chi connectivity index (χ1v) is 16.4. The van der Waals surface area contributed by atoms with E-state index in [0.29, 0.717) is 5.69 Å². The zero-order chi connectivity index (χ0) is 29.4. The van der Waals surface area contributed by atoms with Crippen LogP contribution in [0.5, 0.6) is 0 Å². The summed E-state index contributed by atoms with van der Waals surface area (Å²) in [5.41, 5.74) is 2.28. The van der Waals surface area contributed by atoms with Crippen LogP contribution >= 0.6 is 15.9 Å². The average Bonchev–Trinajstić information content (AvgIpc) is 2.99. The molecular formula is C32H38BrN3O4S. The Balaban J connectivity index is 1.67. The molecule has 3 aromatic carbocycles. The number of aryl methyl sites for hydroxylation is 1. The number of sulfonamides is 1. The number of nitrogens with one attached hydrogen (secondary N) is 1. The molecule has 0 aliphatic heterocycles. The number of hydrogen-bond acceptors (Lipinski definition) is 4. The molecule has 1 aliphatic rings. The molecule has 0 saturated heterocycles. The van der Waals surface area contributed by atoms with Gasteiger partial charge >= 0.3 is 0 Å². The van der Waals surface area contributed by atoms with Gasteiger partial charge in [0, 0.05) is 17.1 Å². The molecule has 41 heavy (non-hydrogen) atoms. The lowest BCUT2D eigenvalue weighted by atomic mass is 9.95. The van der Waals surface area contributed by atoms with Crippen LogP contribution in [0.1, 0.15) is 57.1 Å². The van der Waals surface area contributed by atoms with Gasteiger partial charge in [-0.3, -0.25) is 13.9 Å². The van der Waals surface area contributed by atoms with Crippen molar-refractivity contribution in [3.63, 3.8) is 0 Å². The molecule has 0 unspecified atom stereocenters. The van der Waals surface area contributed by atoms with Gasteiger partial charge < -0.3 is 10.2 Å². The summed E-state index contributed by atoms with van der Waals surface area (Å²) < 4.78 is 29.8. The Morgan fingerprint density at radius 1 is 0.927 bits per heavy atom. The average molecular weight is 641 g/mol. The molecule has 218 valence electrons. The highest BCUT2D eigenvalue weighted by Crippen LogP contribution is 2.26. The molecule has 9 heteroatoms. The van der Waals surface area contributed by atoms with Gasteiger partial charge in [0.25, 0.3) is 10.0 Å². The summed E-state index contributed by atoms with van der Waals surface area (Å²) >= 11 is 3.49. The van der Waals surface area contributed by atoms with E-state index < -0.39 is 28.5 Å². The molecule has 4 rings (SSSR count). The molecule has 1 fully saturated rings. The van der Waals surface area contributed by atoms with Gasteiger partial charge in [-0.25, -0.2) is 8.42 Å². The van der Waals surface area contributed by atoms with Gasteiger partial charge in [-0.15, -0.1) is 0 Å². The second-order valence-electron chi connectivity index (χ2n) is 10.5. The van der Waals surface area contributed by atoms with Crippen LogP contribution in [0, 0.1) is 0 Å². The number of carbonyl (C=O) groups is 2. The van der Waals surface area contributed by atoms with Gasteiger partial charge in [0.1, 0.15) is 12.6 Å². The minimum Gasteiger partial charge on any atom is -0.352 e. The number of rotatable bonds is 11. The van der Waals surface area contributed by atoms with E-state index in [1.54, 1.807) is 37.3 Å². The fourth-order valence-corrected chi connectivity index (χ4v) is 7.01. The molecule has 0 radical (unpaired) electrons. The Bertz CT molecular complexity index is 1420. The second kappa shape index (κ2) is 14.1. The Hall–Kier alpha value is -3.17. The van der Waals surface area contributed by atoms with E-state index in [0.717, 1.165) is 52.0 Å². The van der Waals surface area contributed by atoms with Crippen LogP contribution in [0.15, 0.2) is 88.2 Å². The number of nitrogens with zero attached hydrogens (tertiary/aromatic N) is 2. The first kappa shape index (κ1) is 30.8. The van der Waals surface area contributed by atoms with E-state index in [2.05, 4.69) is 21.2 Å². The molecule has 2 amide bonds. The maximum Gasteiger partial charge on any atom is 0.264 e. The summed E-state index contributed by atoms with van der Waals surface area (Å²) in [5, 5.41) is 3.13. The van der Waals surface area contributed by atoms with E-state index in [1.807, 2.05) is 43.3 Å². The monoisotopic (exact) mass is 639 g/mol. The SMILES string of the molecule is CCc1ccc(N(CC(=O)N(Cc2cccc(Br)c2)[C@@H](C)C(=O)NC2CCCCC2)S(=O)(=O)c2ccccc2)cc1. The molecule has 7 nitrogen and oxygen atoms in total. The van der Waals surface area contributed by atoms with Crippen LogP contribution < -0.4 is 9.62 Å². The maximum atomic E-state index is 14.1. The Morgan fingerprint density at radius 3 is 2.24 bits per heavy atom. The lowest BCUT2D eigenvalue weighted by Gasteiger charge is -2.33. The number of hydrogen-bond donors (Lipinski definition) is 1. The highest BCUT2D eigenvalue weighted by atomic mass is 79.9. The molecule has 1 aliphatic carbocycles. The number of amides is 2. The van der Waals surface area contributed by atoms with Crippen molar-refractivity contribution in [2.75, 3.05) is 10.8 Å². The summed E-state index contributed by atoms with van der Waals surface area (Å²) in [5.74, 6) is -0.694. The highest BCUT2D eigenvalue weighted by Gasteiger charge is 2.33. The summed E-state index contributed by atoms with van der Waals surface area (Å²) in [7, 11) is -4.07. The molecule has 0 heterocycles. The molecular weight excluding hydrogens is 602 g/mol. The van der Waals surface area contributed by atoms with Crippen LogP contribution in [0.25, 0.3) is 0 Å². The van der Waals surface area contributed by atoms with Crippen LogP contribution in [0.4, 0.5) is 5.69 Å². The lowest BCUT2D eigenvalue weighted by molar-refractivity contribution is -0.139. The van der Waals surface area contributed by atoms with Crippen molar-refractivity contribution in [3.05, 3.63) is 94.5 Å². The van der Waals surface area contributed by atoms with Crippen molar-refractivity contribution in [1.29, 1.82) is 0 Å². The normalized spacial score (nSPS) is 14.7. The smallest absolute Gasteiger partial charge is 0.264 e. The fraction of sp³-hybridized carbons (Fsp3) is 0.375. The van der Waals surface area contributed by atoms with Crippen molar-refractivity contribution in [2.45, 2.75) is 75.9 Å². The van der Waals surface area contributed by atoms with Crippen LogP contribution in [-0.2, 0) is 32.6 Å². The molecule has 0 spiro atoms. The van der Waals surface area contributed by atoms with Gasteiger partial charge in [-0.1, -0.05) is 84.6 Å². The Labute approximate surface area is 252 Å². The van der Waals surface area contributed by atoms with Crippen molar-refractivity contribution in [1.82, 2.24) is 10.2 Å². The van der Waals surface area contributed by atoms with Gasteiger partial charge in [0.15, 0.2) is 0 Å². The third-order valence-electron chi connectivity index (χ3n) is 7.60. The number of carbonyl (C=O) groups excluding carboxylic acids is 2. The standard InChI is InChI=1S/C32H38BrN3O4S/c1-3-25-17-19-29(20-18-25)36(41(39,40)30-15-8-5-9-16-30)23-31(37)35(22-26-11-10-12-27(33)21-26)24(2)32(38)34-28-13-6-4-7-14-28/h5,8-12,15-21,24,28H,3-4,6-7,13-14,22-23H2,1-2H3,(H,34,38)/t24-/m0/s1. The largest absolute Gasteiger partial charge is 0.352 e. The second-order valence-corrected chi connectivity index (χ2v) is 13.3. The van der Waals surface area contributed by atoms with Gasteiger partial charge in [0.05, 0.1) is 10.6 Å². The lowest BCUT2D eigenvalue weighted by Crippen LogP contribution is -2.53. The minimum absolute atomic E-state index is 0.0913. The first-order valence-electron chi connectivity index (χ1n) is 14.2. The number of benzene rings is 3. The van der Waals surface area contributed by atoms with Crippen molar-refractivity contribution in [3.8, 4) is 0 Å². The van der Waals surface area contributed by atoms with Crippen LogP contribution in [-0.4, -0.2) is 43.8 Å². The summed E-state index contributed by atoms with van der Waals surface area (Å²) in [6.45, 7) is 3.44. The Morgan fingerprint density at radius 2 is 1.61 bits per heavy atom. The van der Waals surface area contributed by atoms with E-state index in [1.165, 1.54) is 23.5 Å². The third-order valence-corrected chi connectivity index (χ3v) is 9.88. The predicted octanol–water partition coefficient (Wildman–Crippen LogP) is 6.07.